The maximum atomic E-state index is 12.4. The van der Waals surface area contributed by atoms with Gasteiger partial charge in [-0.15, -0.1) is 0 Å². The number of amides is 1. The fraction of sp³-hybridized carbons (Fsp3) is 0.579. The number of ether oxygens (including phenoxy) is 1. The molecule has 1 saturated carbocycles. The molecule has 0 bridgehead atoms. The van der Waals surface area contributed by atoms with Gasteiger partial charge in [-0.3, -0.25) is 9.59 Å². The molecule has 1 aromatic carbocycles. The van der Waals surface area contributed by atoms with Gasteiger partial charge in [-0.1, -0.05) is 0 Å². The van der Waals surface area contributed by atoms with Gasteiger partial charge in [0, 0.05) is 37.5 Å². The summed E-state index contributed by atoms with van der Waals surface area (Å²) in [5, 5.41) is 0. The molecular formula is C19H26N2O3. The van der Waals surface area contributed by atoms with Crippen LogP contribution in [0.15, 0.2) is 24.3 Å². The van der Waals surface area contributed by atoms with E-state index in [0.717, 1.165) is 31.7 Å². The third kappa shape index (κ3) is 3.61. The van der Waals surface area contributed by atoms with Gasteiger partial charge >= 0.3 is 0 Å². The van der Waals surface area contributed by atoms with Crippen LogP contribution in [0.4, 0.5) is 0 Å². The van der Waals surface area contributed by atoms with Crippen molar-refractivity contribution in [3.8, 4) is 5.75 Å². The quantitative estimate of drug-likeness (QED) is 0.812. The predicted molar refractivity (Wildman–Crippen MR) is 91.9 cm³/mol. The SMILES string of the molecule is CCOc1ccc(C(=O)CCC(=O)N2CC3CCC(N)C3C2)cc1. The molecule has 1 amide bonds. The first-order valence-corrected chi connectivity index (χ1v) is 8.88. The first-order chi connectivity index (χ1) is 11.6. The Hall–Kier alpha value is -1.88. The Morgan fingerprint density at radius 1 is 1.17 bits per heavy atom. The van der Waals surface area contributed by atoms with Crippen LogP contribution < -0.4 is 10.5 Å². The summed E-state index contributed by atoms with van der Waals surface area (Å²) in [6.07, 6.45) is 2.74. The molecule has 1 heterocycles. The Morgan fingerprint density at radius 3 is 2.58 bits per heavy atom. The number of likely N-dealkylation sites (tertiary alicyclic amines) is 1. The van der Waals surface area contributed by atoms with Crippen molar-refractivity contribution in [2.24, 2.45) is 17.6 Å². The lowest BCUT2D eigenvalue weighted by atomic mass is 9.98. The highest BCUT2D eigenvalue weighted by molar-refractivity contribution is 5.98. The van der Waals surface area contributed by atoms with E-state index in [4.69, 9.17) is 10.5 Å². The number of carbonyl (C=O) groups excluding carboxylic acids is 2. The molecule has 0 spiro atoms. The van der Waals surface area contributed by atoms with E-state index in [1.165, 1.54) is 0 Å². The van der Waals surface area contributed by atoms with Gasteiger partial charge in [0.1, 0.15) is 5.75 Å². The average Bonchev–Trinajstić information content (AvgIpc) is 3.16. The van der Waals surface area contributed by atoms with E-state index in [9.17, 15) is 9.59 Å². The molecule has 1 aromatic rings. The summed E-state index contributed by atoms with van der Waals surface area (Å²) in [4.78, 5) is 26.5. The maximum absolute atomic E-state index is 12.4. The molecule has 0 aromatic heterocycles. The van der Waals surface area contributed by atoms with Crippen molar-refractivity contribution >= 4 is 11.7 Å². The smallest absolute Gasteiger partial charge is 0.223 e. The Balaban J connectivity index is 1.48. The molecular weight excluding hydrogens is 304 g/mol. The van der Waals surface area contributed by atoms with Crippen molar-refractivity contribution in [3.05, 3.63) is 29.8 Å². The van der Waals surface area contributed by atoms with Gasteiger partial charge in [0.2, 0.25) is 5.91 Å². The molecule has 3 atom stereocenters. The number of rotatable bonds is 6. The number of nitrogens with zero attached hydrogens (tertiary/aromatic N) is 1. The zero-order chi connectivity index (χ0) is 17.1. The van der Waals surface area contributed by atoms with Gasteiger partial charge in [-0.2, -0.15) is 0 Å². The van der Waals surface area contributed by atoms with Crippen LogP contribution in [-0.2, 0) is 4.79 Å². The fourth-order valence-corrected chi connectivity index (χ4v) is 3.94. The van der Waals surface area contributed by atoms with Gasteiger partial charge < -0.3 is 15.4 Å². The zero-order valence-corrected chi connectivity index (χ0v) is 14.2. The Kier molecular flexibility index (Phi) is 5.19. The van der Waals surface area contributed by atoms with Crippen LogP contribution >= 0.6 is 0 Å². The topological polar surface area (TPSA) is 72.6 Å². The van der Waals surface area contributed by atoms with Crippen LogP contribution in [0.1, 0.15) is 43.0 Å². The highest BCUT2D eigenvalue weighted by Crippen LogP contribution is 2.37. The highest BCUT2D eigenvalue weighted by Gasteiger charge is 2.42. The van der Waals surface area contributed by atoms with Gasteiger partial charge in [-0.05, 0) is 55.9 Å². The summed E-state index contributed by atoms with van der Waals surface area (Å²) in [5.74, 6) is 1.85. The number of ketones is 1. The number of carbonyl (C=O) groups is 2. The van der Waals surface area contributed by atoms with Gasteiger partial charge in [0.15, 0.2) is 5.78 Å². The van der Waals surface area contributed by atoms with Crippen LogP contribution in [0.25, 0.3) is 0 Å². The zero-order valence-electron chi connectivity index (χ0n) is 14.2. The van der Waals surface area contributed by atoms with E-state index >= 15 is 0 Å². The van der Waals surface area contributed by atoms with Gasteiger partial charge in [-0.25, -0.2) is 0 Å². The highest BCUT2D eigenvalue weighted by atomic mass is 16.5. The van der Waals surface area contributed by atoms with Crippen LogP contribution in [0, 0.1) is 11.8 Å². The van der Waals surface area contributed by atoms with E-state index in [1.807, 2.05) is 11.8 Å². The van der Waals surface area contributed by atoms with E-state index in [0.29, 0.717) is 24.0 Å². The van der Waals surface area contributed by atoms with Gasteiger partial charge in [0.25, 0.3) is 0 Å². The van der Waals surface area contributed by atoms with E-state index in [-0.39, 0.29) is 30.6 Å². The standard InChI is InChI=1S/C19H26N2O3/c1-2-24-15-6-3-13(4-7-15)18(22)9-10-19(23)21-11-14-5-8-17(20)16(14)12-21/h3-4,6-7,14,16-17H,2,5,8-12,20H2,1H3. The largest absolute Gasteiger partial charge is 0.494 e. The molecule has 3 rings (SSSR count). The molecule has 3 unspecified atom stereocenters. The summed E-state index contributed by atoms with van der Waals surface area (Å²) in [5.41, 5.74) is 6.74. The fourth-order valence-electron chi connectivity index (χ4n) is 3.94. The number of fused-ring (bicyclic) bond motifs is 1. The molecule has 1 aliphatic carbocycles. The first-order valence-electron chi connectivity index (χ1n) is 8.88. The lowest BCUT2D eigenvalue weighted by Crippen LogP contribution is -2.33. The summed E-state index contributed by atoms with van der Waals surface area (Å²) >= 11 is 0. The second kappa shape index (κ2) is 7.34. The third-order valence-corrected chi connectivity index (χ3v) is 5.32. The van der Waals surface area contributed by atoms with Crippen LogP contribution in [0.3, 0.4) is 0 Å². The Labute approximate surface area is 143 Å². The summed E-state index contributed by atoms with van der Waals surface area (Å²) in [6, 6.07) is 7.34. The number of benzene rings is 1. The second-order valence-electron chi connectivity index (χ2n) is 6.84. The van der Waals surface area contributed by atoms with Crippen LogP contribution in [0.5, 0.6) is 5.75 Å². The van der Waals surface area contributed by atoms with E-state index < -0.39 is 0 Å². The van der Waals surface area contributed by atoms with Crippen molar-refractivity contribution < 1.29 is 14.3 Å². The first kappa shape index (κ1) is 17.0. The monoisotopic (exact) mass is 330 g/mol. The molecule has 1 saturated heterocycles. The maximum Gasteiger partial charge on any atom is 0.223 e. The molecule has 24 heavy (non-hydrogen) atoms. The van der Waals surface area contributed by atoms with Crippen LogP contribution in [0.2, 0.25) is 0 Å². The lowest BCUT2D eigenvalue weighted by molar-refractivity contribution is -0.130. The molecule has 2 N–H and O–H groups in total. The van der Waals surface area contributed by atoms with E-state index in [2.05, 4.69) is 0 Å². The Morgan fingerprint density at radius 2 is 1.92 bits per heavy atom. The second-order valence-corrected chi connectivity index (χ2v) is 6.84. The predicted octanol–water partition coefficient (Wildman–Crippen LogP) is 2.24. The molecule has 130 valence electrons. The third-order valence-electron chi connectivity index (χ3n) is 5.32. The normalized spacial score (nSPS) is 25.6. The van der Waals surface area contributed by atoms with E-state index in [1.54, 1.807) is 24.3 Å². The molecule has 0 radical (unpaired) electrons. The number of hydrogen-bond donors (Lipinski definition) is 1. The van der Waals surface area contributed by atoms with Crippen molar-refractivity contribution in [1.82, 2.24) is 4.90 Å². The minimum atomic E-state index is 0.00231. The summed E-state index contributed by atoms with van der Waals surface area (Å²) in [6.45, 7) is 4.10. The number of Topliss-reactive ketones (excluding diaryl/α,β-unsaturated/α-hetero) is 1. The number of nitrogens with two attached hydrogens (primary N) is 1. The van der Waals surface area contributed by atoms with Crippen molar-refractivity contribution in [2.45, 2.75) is 38.6 Å². The van der Waals surface area contributed by atoms with Gasteiger partial charge in [0.05, 0.1) is 6.61 Å². The Bertz CT molecular complexity index is 599. The van der Waals surface area contributed by atoms with Crippen LogP contribution in [-0.4, -0.2) is 42.3 Å². The summed E-state index contributed by atoms with van der Waals surface area (Å²) in [7, 11) is 0. The molecule has 1 aliphatic heterocycles. The average molecular weight is 330 g/mol. The van der Waals surface area contributed by atoms with Crippen molar-refractivity contribution in [2.75, 3.05) is 19.7 Å². The minimum absolute atomic E-state index is 0.00231. The van der Waals surface area contributed by atoms with Crippen molar-refractivity contribution in [1.29, 1.82) is 0 Å². The van der Waals surface area contributed by atoms with Crippen molar-refractivity contribution in [3.63, 3.8) is 0 Å². The molecule has 2 fully saturated rings. The lowest BCUT2D eigenvalue weighted by Gasteiger charge is -2.18. The summed E-state index contributed by atoms with van der Waals surface area (Å²) < 4.78 is 5.37. The molecule has 5 heteroatoms. The number of hydrogen-bond acceptors (Lipinski definition) is 4. The molecule has 2 aliphatic rings. The minimum Gasteiger partial charge on any atom is -0.494 e. The molecule has 5 nitrogen and oxygen atoms in total.